The van der Waals surface area contributed by atoms with Crippen molar-refractivity contribution in [3.8, 4) is 18.1 Å². The first kappa shape index (κ1) is 20.9. The zero-order valence-corrected chi connectivity index (χ0v) is 16.8. The quantitative estimate of drug-likeness (QED) is 0.708. The molecule has 0 bridgehead atoms. The second-order valence-electron chi connectivity index (χ2n) is 7.46. The highest BCUT2D eigenvalue weighted by Gasteiger charge is 2.32. The fourth-order valence-electron chi connectivity index (χ4n) is 3.65. The fraction of sp³-hybridized carbons (Fsp3) is 0.348. The third-order valence-corrected chi connectivity index (χ3v) is 5.46. The Kier molecular flexibility index (Phi) is 6.56. The Balaban J connectivity index is 1.67. The molecule has 0 saturated heterocycles. The normalized spacial score (nSPS) is 15.3. The van der Waals surface area contributed by atoms with E-state index in [9.17, 15) is 14.7 Å². The van der Waals surface area contributed by atoms with Crippen molar-refractivity contribution in [2.75, 3.05) is 0 Å². The van der Waals surface area contributed by atoms with Gasteiger partial charge in [0.25, 0.3) is 5.91 Å². The van der Waals surface area contributed by atoms with Crippen molar-refractivity contribution in [1.82, 2.24) is 10.3 Å². The molecule has 3 rings (SSSR count). The van der Waals surface area contributed by atoms with Crippen LogP contribution >= 0.6 is 11.6 Å². The number of amides is 1. The number of ketones is 1. The van der Waals surface area contributed by atoms with Gasteiger partial charge in [0.1, 0.15) is 22.8 Å². The van der Waals surface area contributed by atoms with E-state index >= 15 is 0 Å². The van der Waals surface area contributed by atoms with E-state index < -0.39 is 5.54 Å². The van der Waals surface area contributed by atoms with Gasteiger partial charge in [0.15, 0.2) is 0 Å². The van der Waals surface area contributed by atoms with Gasteiger partial charge in [0, 0.05) is 29.6 Å². The van der Waals surface area contributed by atoms with Crippen LogP contribution < -0.4 is 5.32 Å². The third kappa shape index (κ3) is 5.36. The topological polar surface area (TPSA) is 79.3 Å². The molecule has 29 heavy (non-hydrogen) atoms. The number of hydrogen-bond donors (Lipinski definition) is 2. The van der Waals surface area contributed by atoms with Crippen molar-refractivity contribution in [3.05, 3.63) is 58.4 Å². The number of Topliss-reactive ketones (excluding diaryl/α,β-unsaturated/α-hetero) is 1. The number of halogens is 1. The van der Waals surface area contributed by atoms with Crippen LogP contribution in [0.2, 0.25) is 5.02 Å². The van der Waals surface area contributed by atoms with Gasteiger partial charge in [0.2, 0.25) is 0 Å². The Hall–Kier alpha value is -2.84. The van der Waals surface area contributed by atoms with E-state index in [1.807, 2.05) is 0 Å². The van der Waals surface area contributed by atoms with Crippen molar-refractivity contribution in [1.29, 1.82) is 0 Å². The maximum absolute atomic E-state index is 12.7. The van der Waals surface area contributed by atoms with Gasteiger partial charge in [-0.3, -0.25) is 14.6 Å². The Morgan fingerprint density at radius 1 is 1.17 bits per heavy atom. The van der Waals surface area contributed by atoms with Crippen LogP contribution in [0.15, 0.2) is 36.5 Å². The van der Waals surface area contributed by atoms with E-state index in [1.54, 1.807) is 24.3 Å². The minimum Gasteiger partial charge on any atom is -0.508 e. The summed E-state index contributed by atoms with van der Waals surface area (Å²) >= 11 is 5.93. The molecule has 0 atom stereocenters. The number of carbonyl (C=O) groups excluding carboxylic acids is 2. The van der Waals surface area contributed by atoms with Crippen LogP contribution in [0.3, 0.4) is 0 Å². The van der Waals surface area contributed by atoms with Crippen molar-refractivity contribution in [2.24, 2.45) is 0 Å². The van der Waals surface area contributed by atoms with Crippen molar-refractivity contribution in [3.63, 3.8) is 0 Å². The number of nitrogens with zero attached hydrogens (tertiary/aromatic N) is 1. The summed E-state index contributed by atoms with van der Waals surface area (Å²) in [4.78, 5) is 29.3. The highest BCUT2D eigenvalue weighted by molar-refractivity contribution is 6.30. The number of nitrogens with one attached hydrogen (secondary N) is 1. The summed E-state index contributed by atoms with van der Waals surface area (Å²) < 4.78 is 0. The average molecular weight is 411 g/mol. The summed E-state index contributed by atoms with van der Waals surface area (Å²) in [6.07, 6.45) is 12.0. The lowest BCUT2D eigenvalue weighted by atomic mass is 9.82. The van der Waals surface area contributed by atoms with Crippen LogP contribution in [0.4, 0.5) is 0 Å². The number of terminal acetylenes is 1. The molecular weight excluding hydrogens is 388 g/mol. The molecule has 0 aliphatic heterocycles. The van der Waals surface area contributed by atoms with E-state index in [0.717, 1.165) is 32.1 Å². The maximum atomic E-state index is 12.7. The number of phenols is 1. The molecule has 6 heteroatoms. The van der Waals surface area contributed by atoms with Gasteiger partial charge in [-0.2, -0.15) is 0 Å². The number of benzene rings is 1. The van der Waals surface area contributed by atoms with Gasteiger partial charge in [-0.15, -0.1) is 6.42 Å². The number of carbonyl (C=O) groups is 2. The van der Waals surface area contributed by atoms with E-state index in [4.69, 9.17) is 18.0 Å². The summed E-state index contributed by atoms with van der Waals surface area (Å²) in [5.74, 6) is 2.35. The summed E-state index contributed by atoms with van der Waals surface area (Å²) in [7, 11) is 0. The highest BCUT2D eigenvalue weighted by atomic mass is 35.5. The Labute approximate surface area is 175 Å². The first-order valence-corrected chi connectivity index (χ1v) is 10.0. The van der Waals surface area contributed by atoms with Crippen LogP contribution in [0.5, 0.6) is 5.75 Å². The molecule has 5 nitrogen and oxygen atoms in total. The zero-order chi connectivity index (χ0) is 20.9. The molecule has 2 N–H and O–H groups in total. The molecule has 1 aromatic heterocycles. The van der Waals surface area contributed by atoms with Gasteiger partial charge in [-0.1, -0.05) is 36.8 Å². The van der Waals surface area contributed by atoms with Gasteiger partial charge >= 0.3 is 0 Å². The molecule has 0 spiro atoms. The Morgan fingerprint density at radius 2 is 1.93 bits per heavy atom. The van der Waals surface area contributed by atoms with Crippen LogP contribution in [-0.2, 0) is 17.6 Å². The van der Waals surface area contributed by atoms with Crippen LogP contribution in [-0.4, -0.2) is 27.3 Å². The van der Waals surface area contributed by atoms with Crippen molar-refractivity contribution in [2.45, 2.75) is 50.5 Å². The lowest BCUT2D eigenvalue weighted by Crippen LogP contribution is -2.48. The molecule has 150 valence electrons. The molecule has 1 aliphatic rings. The minimum atomic E-state index is -0.618. The zero-order valence-electron chi connectivity index (χ0n) is 16.1. The lowest BCUT2D eigenvalue weighted by molar-refractivity contribution is -0.117. The second-order valence-corrected chi connectivity index (χ2v) is 7.89. The van der Waals surface area contributed by atoms with E-state index in [0.29, 0.717) is 16.1 Å². The predicted molar refractivity (Wildman–Crippen MR) is 112 cm³/mol. The molecule has 0 radical (unpaired) electrons. The number of phenolic OH excluding ortho intramolecular Hbond substituents is 1. The molecule has 1 amide bonds. The number of rotatable bonds is 6. The van der Waals surface area contributed by atoms with Gasteiger partial charge in [0.05, 0.1) is 0 Å². The van der Waals surface area contributed by atoms with Gasteiger partial charge in [-0.05, 0) is 48.7 Å². The Morgan fingerprint density at radius 3 is 2.66 bits per heavy atom. The molecule has 1 aliphatic carbocycles. The lowest BCUT2D eigenvalue weighted by Gasteiger charge is -2.33. The average Bonchev–Trinajstić information content (AvgIpc) is 2.71. The number of pyridine rings is 1. The second kappa shape index (κ2) is 9.11. The summed E-state index contributed by atoms with van der Waals surface area (Å²) in [6.45, 7) is 0. The van der Waals surface area contributed by atoms with Crippen molar-refractivity contribution >= 4 is 23.3 Å². The molecule has 0 unspecified atom stereocenters. The SMILES string of the molecule is C#CC1(NC(=O)c2cc(CC(=O)Cc3cc(Cl)ccc3O)ccn2)CCCCC1. The number of aromatic nitrogens is 1. The standard InChI is InChI=1S/C23H23ClN2O3/c1-2-23(9-4-3-5-10-23)26-22(29)20-13-16(8-11-25-20)12-19(27)15-17-14-18(24)6-7-21(17)28/h1,6-8,11,13-14,28H,3-5,9-10,12,15H2,(H,26,29). The molecule has 1 fully saturated rings. The number of aromatic hydroxyl groups is 1. The first-order valence-electron chi connectivity index (χ1n) is 9.65. The predicted octanol–water partition coefficient (Wildman–Crippen LogP) is 3.86. The third-order valence-electron chi connectivity index (χ3n) is 5.22. The Bertz CT molecular complexity index is 959. The van der Waals surface area contributed by atoms with E-state index in [2.05, 4.69) is 16.2 Å². The summed E-state index contributed by atoms with van der Waals surface area (Å²) in [5.41, 5.74) is 0.770. The van der Waals surface area contributed by atoms with Gasteiger partial charge < -0.3 is 10.4 Å². The fourth-order valence-corrected chi connectivity index (χ4v) is 3.84. The minimum absolute atomic E-state index is 0.0320. The van der Waals surface area contributed by atoms with E-state index in [-0.39, 0.29) is 36.0 Å². The highest BCUT2D eigenvalue weighted by Crippen LogP contribution is 2.28. The molecule has 2 aromatic rings. The summed E-state index contributed by atoms with van der Waals surface area (Å²) in [6, 6.07) is 7.91. The van der Waals surface area contributed by atoms with Crippen LogP contribution in [0, 0.1) is 12.3 Å². The van der Waals surface area contributed by atoms with Crippen molar-refractivity contribution < 1.29 is 14.7 Å². The van der Waals surface area contributed by atoms with E-state index in [1.165, 1.54) is 12.3 Å². The molecule has 1 heterocycles. The summed E-state index contributed by atoms with van der Waals surface area (Å²) in [5, 5.41) is 13.3. The molecule has 1 aromatic carbocycles. The molecule has 1 saturated carbocycles. The van der Waals surface area contributed by atoms with Crippen LogP contribution in [0.1, 0.15) is 53.7 Å². The monoisotopic (exact) mass is 410 g/mol. The largest absolute Gasteiger partial charge is 0.508 e. The number of hydrogen-bond acceptors (Lipinski definition) is 4. The smallest absolute Gasteiger partial charge is 0.271 e. The van der Waals surface area contributed by atoms with Gasteiger partial charge in [-0.25, -0.2) is 0 Å². The molecular formula is C23H23ClN2O3. The van der Waals surface area contributed by atoms with Crippen LogP contribution in [0.25, 0.3) is 0 Å². The maximum Gasteiger partial charge on any atom is 0.271 e. The first-order chi connectivity index (χ1) is 13.9.